The molecule has 0 unspecified atom stereocenters. The molecule has 0 aliphatic carbocycles. The van der Waals surface area contributed by atoms with E-state index >= 15 is 0 Å². The van der Waals surface area contributed by atoms with Gasteiger partial charge in [-0.15, -0.1) is 11.3 Å². The number of ether oxygens (including phenoxy) is 1. The second kappa shape index (κ2) is 10.3. The maximum absolute atomic E-state index is 12.6. The lowest BCUT2D eigenvalue weighted by atomic mass is 10.1. The highest BCUT2D eigenvalue weighted by atomic mass is 35.5. The van der Waals surface area contributed by atoms with Crippen molar-refractivity contribution in [3.05, 3.63) is 103 Å². The third-order valence-corrected chi connectivity index (χ3v) is 7.40. The first-order chi connectivity index (χ1) is 17.8. The number of nitriles is 1. The number of pyridine rings is 3. The molecule has 5 rings (SSSR count). The molecule has 0 bridgehead atoms. The summed E-state index contributed by atoms with van der Waals surface area (Å²) in [4.78, 5) is 26.9. The lowest BCUT2D eigenvalue weighted by Crippen LogP contribution is -2.23. The molecule has 0 fully saturated rings. The van der Waals surface area contributed by atoms with Crippen molar-refractivity contribution >= 4 is 45.4 Å². The minimum Gasteiger partial charge on any atom is -0.489 e. The molecule has 4 aromatic heterocycles. The van der Waals surface area contributed by atoms with E-state index in [9.17, 15) is 10.1 Å². The number of hydrogen-bond acceptors (Lipinski definition) is 7. The maximum atomic E-state index is 12.6. The van der Waals surface area contributed by atoms with Gasteiger partial charge in [0.2, 0.25) is 0 Å². The zero-order chi connectivity index (χ0) is 26.1. The van der Waals surface area contributed by atoms with Gasteiger partial charge in [0, 0.05) is 34.1 Å². The average molecular weight is 548 g/mol. The Bertz CT molecular complexity index is 1760. The first kappa shape index (κ1) is 24.9. The Morgan fingerprint density at radius 1 is 1.11 bits per heavy atom. The molecule has 5 aromatic rings. The predicted octanol–water partition coefficient (Wildman–Crippen LogP) is 6.34. The Kier molecular flexibility index (Phi) is 6.94. The average Bonchev–Trinajstić information content (AvgIpc) is 3.29. The summed E-state index contributed by atoms with van der Waals surface area (Å²) in [6.45, 7) is 4.06. The number of rotatable bonds is 6. The van der Waals surface area contributed by atoms with Gasteiger partial charge in [-0.2, -0.15) is 5.26 Å². The maximum Gasteiger partial charge on any atom is 0.268 e. The molecule has 4 heterocycles. The number of thiazole rings is 1. The summed E-state index contributed by atoms with van der Waals surface area (Å²) >= 11 is 14.4. The Hall–Kier alpha value is -3.77. The summed E-state index contributed by atoms with van der Waals surface area (Å²) in [6.07, 6.45) is 1.62. The van der Waals surface area contributed by atoms with Crippen LogP contribution in [0.1, 0.15) is 28.2 Å². The Morgan fingerprint density at radius 2 is 1.92 bits per heavy atom. The number of halogens is 2. The van der Waals surface area contributed by atoms with E-state index in [1.807, 2.05) is 44.2 Å². The fourth-order valence-corrected chi connectivity index (χ4v) is 5.46. The van der Waals surface area contributed by atoms with E-state index in [2.05, 4.69) is 15.0 Å². The van der Waals surface area contributed by atoms with Crippen LogP contribution in [0.5, 0.6) is 5.75 Å². The van der Waals surface area contributed by atoms with Crippen LogP contribution in [0.25, 0.3) is 21.3 Å². The summed E-state index contributed by atoms with van der Waals surface area (Å²) in [5.41, 5.74) is 5.99. The second-order valence-electron chi connectivity index (χ2n) is 8.39. The number of fused-ring (bicyclic) bond motifs is 1. The highest BCUT2D eigenvalue weighted by Crippen LogP contribution is 2.37. The number of hydrogen-bond donors (Lipinski definition) is 0. The van der Waals surface area contributed by atoms with E-state index in [1.54, 1.807) is 23.8 Å². The van der Waals surface area contributed by atoms with Gasteiger partial charge in [0.05, 0.1) is 33.2 Å². The minimum absolute atomic E-state index is 0.0657. The van der Waals surface area contributed by atoms with Crippen molar-refractivity contribution in [3.63, 3.8) is 0 Å². The topological polar surface area (TPSA) is 93.7 Å². The fourth-order valence-electron chi connectivity index (χ4n) is 4.09. The molecule has 0 spiro atoms. The Morgan fingerprint density at radius 3 is 2.68 bits per heavy atom. The lowest BCUT2D eigenvalue weighted by Gasteiger charge is -2.15. The van der Waals surface area contributed by atoms with Gasteiger partial charge in [-0.3, -0.25) is 14.8 Å². The SMILES string of the molecule is Cc1cc(Cl)c(COc2ccc3nc(C)cc(-c4scnc4Cl)c3c2)c(Cn2cccc(C#N)c2=O)n1. The molecule has 1 aromatic carbocycles. The normalized spacial score (nSPS) is 11.0. The van der Waals surface area contributed by atoms with E-state index in [0.717, 1.165) is 27.0 Å². The van der Waals surface area contributed by atoms with Crippen molar-refractivity contribution in [1.82, 2.24) is 19.5 Å². The molecule has 0 saturated heterocycles. The highest BCUT2D eigenvalue weighted by Gasteiger charge is 2.16. The van der Waals surface area contributed by atoms with E-state index < -0.39 is 0 Å². The third kappa shape index (κ3) is 5.07. The zero-order valence-electron chi connectivity index (χ0n) is 19.8. The third-order valence-electron chi connectivity index (χ3n) is 5.80. The number of benzene rings is 1. The van der Waals surface area contributed by atoms with Crippen LogP contribution in [0.3, 0.4) is 0 Å². The van der Waals surface area contributed by atoms with Crippen LogP contribution in [-0.4, -0.2) is 19.5 Å². The molecule has 184 valence electrons. The standard InChI is InChI=1S/C27H19Cl2N5O2S/c1-15-8-20(25-26(29)31-14-37-25)19-10-18(5-6-23(19)32-15)36-13-21-22(28)9-16(2)33-24(21)12-34-7-3-4-17(11-30)27(34)35/h3-10,14H,12-13H2,1-2H3. The largest absolute Gasteiger partial charge is 0.489 e. The number of aromatic nitrogens is 4. The molecule has 0 aliphatic heterocycles. The Labute approximate surface area is 226 Å². The smallest absolute Gasteiger partial charge is 0.268 e. The van der Waals surface area contributed by atoms with Gasteiger partial charge >= 0.3 is 0 Å². The van der Waals surface area contributed by atoms with Gasteiger partial charge in [0.15, 0.2) is 0 Å². The van der Waals surface area contributed by atoms with Gasteiger partial charge < -0.3 is 9.30 Å². The van der Waals surface area contributed by atoms with Crippen molar-refractivity contribution in [1.29, 1.82) is 5.26 Å². The molecule has 0 radical (unpaired) electrons. The van der Waals surface area contributed by atoms with E-state index in [-0.39, 0.29) is 24.3 Å². The first-order valence-corrected chi connectivity index (χ1v) is 12.9. The molecular weight excluding hydrogens is 529 g/mol. The van der Waals surface area contributed by atoms with Crippen molar-refractivity contribution in [2.75, 3.05) is 0 Å². The van der Waals surface area contributed by atoms with Gasteiger partial charge in [-0.1, -0.05) is 23.2 Å². The van der Waals surface area contributed by atoms with E-state index in [0.29, 0.717) is 32.9 Å². The van der Waals surface area contributed by atoms with Crippen molar-refractivity contribution in [2.45, 2.75) is 27.0 Å². The molecule has 0 amide bonds. The molecule has 0 N–H and O–H groups in total. The first-order valence-electron chi connectivity index (χ1n) is 11.2. The van der Waals surface area contributed by atoms with Crippen molar-refractivity contribution < 1.29 is 4.74 Å². The quantitative estimate of drug-likeness (QED) is 0.246. The molecular formula is C27H19Cl2N5O2S. The van der Waals surface area contributed by atoms with Crippen LogP contribution in [0.15, 0.2) is 59.0 Å². The monoisotopic (exact) mass is 547 g/mol. The summed E-state index contributed by atoms with van der Waals surface area (Å²) < 4.78 is 7.61. The molecule has 7 nitrogen and oxygen atoms in total. The van der Waals surface area contributed by atoms with Crippen LogP contribution in [0.4, 0.5) is 0 Å². The lowest BCUT2D eigenvalue weighted by molar-refractivity contribution is 0.304. The summed E-state index contributed by atoms with van der Waals surface area (Å²) in [7, 11) is 0. The number of aryl methyl sites for hydroxylation is 2. The van der Waals surface area contributed by atoms with Gasteiger partial charge in [-0.25, -0.2) is 4.98 Å². The molecule has 0 aliphatic rings. The van der Waals surface area contributed by atoms with Crippen molar-refractivity contribution in [3.8, 4) is 22.3 Å². The highest BCUT2D eigenvalue weighted by molar-refractivity contribution is 7.14. The van der Waals surface area contributed by atoms with Crippen LogP contribution >= 0.6 is 34.5 Å². The van der Waals surface area contributed by atoms with E-state index in [1.165, 1.54) is 22.0 Å². The fraction of sp³-hybridized carbons (Fsp3) is 0.148. The van der Waals surface area contributed by atoms with Gasteiger partial charge in [-0.05, 0) is 56.3 Å². The minimum atomic E-state index is -0.386. The number of nitrogens with zero attached hydrogens (tertiary/aromatic N) is 5. The van der Waals surface area contributed by atoms with Gasteiger partial charge in [0.1, 0.15) is 29.1 Å². The predicted molar refractivity (Wildman–Crippen MR) is 145 cm³/mol. The molecule has 10 heteroatoms. The zero-order valence-corrected chi connectivity index (χ0v) is 22.2. The summed E-state index contributed by atoms with van der Waals surface area (Å²) in [6, 6.07) is 14.5. The second-order valence-corrected chi connectivity index (χ2v) is 10.0. The van der Waals surface area contributed by atoms with Crippen LogP contribution in [0.2, 0.25) is 10.2 Å². The molecule has 0 saturated carbocycles. The molecule has 0 atom stereocenters. The van der Waals surface area contributed by atoms with Crippen LogP contribution < -0.4 is 10.3 Å². The van der Waals surface area contributed by atoms with Crippen molar-refractivity contribution in [2.24, 2.45) is 0 Å². The molecule has 37 heavy (non-hydrogen) atoms. The summed E-state index contributed by atoms with van der Waals surface area (Å²) in [5.74, 6) is 0.617. The Balaban J connectivity index is 1.49. The van der Waals surface area contributed by atoms with Gasteiger partial charge in [0.25, 0.3) is 5.56 Å². The summed E-state index contributed by atoms with van der Waals surface area (Å²) in [5, 5.41) is 11.0. The van der Waals surface area contributed by atoms with Crippen LogP contribution in [0, 0.1) is 25.2 Å². The van der Waals surface area contributed by atoms with Crippen LogP contribution in [-0.2, 0) is 13.2 Å². The van der Waals surface area contributed by atoms with E-state index in [4.69, 9.17) is 27.9 Å².